The van der Waals surface area contributed by atoms with Gasteiger partial charge < -0.3 is 9.30 Å². The van der Waals surface area contributed by atoms with Crippen molar-refractivity contribution in [2.24, 2.45) is 7.05 Å². The predicted octanol–water partition coefficient (Wildman–Crippen LogP) is 5.70. The summed E-state index contributed by atoms with van der Waals surface area (Å²) >= 11 is 0. The van der Waals surface area contributed by atoms with Crippen LogP contribution in [0.25, 0.3) is 32.8 Å². The second-order valence-electron chi connectivity index (χ2n) is 7.51. The van der Waals surface area contributed by atoms with Crippen molar-refractivity contribution in [3.63, 3.8) is 0 Å². The van der Waals surface area contributed by atoms with E-state index >= 15 is 0 Å². The summed E-state index contributed by atoms with van der Waals surface area (Å²) in [7, 11) is 3.69. The molecule has 0 amide bonds. The Hall–Kier alpha value is -3.07. The van der Waals surface area contributed by atoms with Gasteiger partial charge in [-0.2, -0.15) is 0 Å². The molecule has 3 heteroatoms. The van der Waals surface area contributed by atoms with Gasteiger partial charge in [-0.15, -0.1) is 0 Å². The quantitative estimate of drug-likeness (QED) is 0.462. The molecule has 1 atom stereocenters. The maximum absolute atomic E-state index is 12.4. The molecule has 27 heavy (non-hydrogen) atoms. The van der Waals surface area contributed by atoms with Gasteiger partial charge in [-0.05, 0) is 63.7 Å². The molecule has 0 N–H and O–H groups in total. The molecule has 0 radical (unpaired) electrons. The van der Waals surface area contributed by atoms with E-state index in [1.807, 2.05) is 13.1 Å². The van der Waals surface area contributed by atoms with Crippen LogP contribution in [-0.2, 0) is 7.05 Å². The van der Waals surface area contributed by atoms with Crippen LogP contribution in [0.4, 0.5) is 0 Å². The number of benzene rings is 3. The average molecular weight is 355 g/mol. The number of hydrogen-bond acceptors (Lipinski definition) is 2. The fourth-order valence-corrected chi connectivity index (χ4v) is 4.50. The third-order valence-corrected chi connectivity index (χ3v) is 5.87. The van der Waals surface area contributed by atoms with E-state index < -0.39 is 0 Å². The SMILES string of the molecule is COc1ccc2cc(-c3ccc4c(c3)c3c(n4C)C(=O)CC3C)ccc2c1. The van der Waals surface area contributed by atoms with Gasteiger partial charge >= 0.3 is 0 Å². The molecule has 1 unspecified atom stereocenters. The van der Waals surface area contributed by atoms with Gasteiger partial charge in [0.1, 0.15) is 5.75 Å². The number of methoxy groups -OCH3 is 1. The number of ether oxygens (including phenoxy) is 1. The lowest BCUT2D eigenvalue weighted by molar-refractivity contribution is 0.0983. The Kier molecular flexibility index (Phi) is 3.41. The number of rotatable bonds is 2. The van der Waals surface area contributed by atoms with Crippen LogP contribution in [0.1, 0.15) is 35.3 Å². The summed E-state index contributed by atoms with van der Waals surface area (Å²) < 4.78 is 7.38. The van der Waals surface area contributed by atoms with Crippen LogP contribution in [-0.4, -0.2) is 17.5 Å². The third kappa shape index (κ3) is 2.31. The zero-order valence-electron chi connectivity index (χ0n) is 15.7. The lowest BCUT2D eigenvalue weighted by atomic mass is 9.97. The van der Waals surface area contributed by atoms with Gasteiger partial charge in [0.05, 0.1) is 12.8 Å². The number of aryl methyl sites for hydroxylation is 1. The molecule has 0 aliphatic heterocycles. The molecule has 3 nitrogen and oxygen atoms in total. The van der Waals surface area contributed by atoms with Crippen molar-refractivity contribution in [3.05, 3.63) is 65.9 Å². The Bertz CT molecular complexity index is 1230. The number of aromatic nitrogens is 1. The smallest absolute Gasteiger partial charge is 0.180 e. The highest BCUT2D eigenvalue weighted by Crippen LogP contribution is 2.41. The highest BCUT2D eigenvalue weighted by molar-refractivity contribution is 6.07. The molecule has 1 aliphatic rings. The average Bonchev–Trinajstić information content (AvgIpc) is 3.15. The molecule has 0 saturated heterocycles. The normalized spacial score (nSPS) is 16.3. The summed E-state index contributed by atoms with van der Waals surface area (Å²) in [5.74, 6) is 1.42. The van der Waals surface area contributed by atoms with Crippen LogP contribution >= 0.6 is 0 Å². The van der Waals surface area contributed by atoms with Gasteiger partial charge in [0.2, 0.25) is 0 Å². The molecule has 0 spiro atoms. The fourth-order valence-electron chi connectivity index (χ4n) is 4.50. The first-order valence-corrected chi connectivity index (χ1v) is 9.30. The first-order chi connectivity index (χ1) is 13.1. The van der Waals surface area contributed by atoms with E-state index in [9.17, 15) is 4.79 Å². The number of ketones is 1. The topological polar surface area (TPSA) is 31.2 Å². The molecule has 0 saturated carbocycles. The van der Waals surface area contributed by atoms with E-state index in [0.29, 0.717) is 6.42 Å². The largest absolute Gasteiger partial charge is 0.497 e. The number of carbonyl (C=O) groups excluding carboxylic acids is 1. The van der Waals surface area contributed by atoms with Gasteiger partial charge in [-0.3, -0.25) is 4.79 Å². The first-order valence-electron chi connectivity index (χ1n) is 9.30. The van der Waals surface area contributed by atoms with Gasteiger partial charge in [0.25, 0.3) is 0 Å². The molecule has 1 aromatic heterocycles. The number of Topliss-reactive ketones (excluding diaryl/α,β-unsaturated/α-hetero) is 1. The molecule has 1 heterocycles. The van der Waals surface area contributed by atoms with Crippen molar-refractivity contribution in [1.82, 2.24) is 4.57 Å². The summed E-state index contributed by atoms with van der Waals surface area (Å²) in [5.41, 5.74) is 5.60. The maximum Gasteiger partial charge on any atom is 0.180 e. The summed E-state index contributed by atoms with van der Waals surface area (Å²) in [6, 6.07) is 19.2. The minimum atomic E-state index is 0.261. The minimum absolute atomic E-state index is 0.261. The zero-order valence-corrected chi connectivity index (χ0v) is 15.7. The van der Waals surface area contributed by atoms with Crippen LogP contribution in [0, 0.1) is 0 Å². The second-order valence-corrected chi connectivity index (χ2v) is 7.51. The van der Waals surface area contributed by atoms with Crippen molar-refractivity contribution in [3.8, 4) is 16.9 Å². The Labute approximate surface area is 158 Å². The van der Waals surface area contributed by atoms with Crippen LogP contribution in [0.2, 0.25) is 0 Å². The van der Waals surface area contributed by atoms with Gasteiger partial charge in [0, 0.05) is 24.4 Å². The van der Waals surface area contributed by atoms with E-state index in [1.165, 1.54) is 32.8 Å². The van der Waals surface area contributed by atoms with E-state index in [-0.39, 0.29) is 11.7 Å². The van der Waals surface area contributed by atoms with Crippen LogP contribution < -0.4 is 4.74 Å². The molecular weight excluding hydrogens is 334 g/mol. The summed E-state index contributed by atoms with van der Waals surface area (Å²) in [5, 5.41) is 3.56. The monoisotopic (exact) mass is 355 g/mol. The Morgan fingerprint density at radius 1 is 0.963 bits per heavy atom. The summed E-state index contributed by atoms with van der Waals surface area (Å²) in [6.07, 6.45) is 0.622. The van der Waals surface area contributed by atoms with Crippen LogP contribution in [0.3, 0.4) is 0 Å². The van der Waals surface area contributed by atoms with Crippen molar-refractivity contribution >= 4 is 27.5 Å². The first kappa shape index (κ1) is 16.1. The third-order valence-electron chi connectivity index (χ3n) is 5.87. The highest BCUT2D eigenvalue weighted by atomic mass is 16.5. The van der Waals surface area contributed by atoms with Gasteiger partial charge in [-0.1, -0.05) is 31.2 Å². The van der Waals surface area contributed by atoms with Crippen LogP contribution in [0.15, 0.2) is 54.6 Å². The summed E-state index contributed by atoms with van der Waals surface area (Å²) in [6.45, 7) is 2.15. The Balaban J connectivity index is 1.68. The van der Waals surface area contributed by atoms with E-state index in [1.54, 1.807) is 7.11 Å². The molecule has 134 valence electrons. The maximum atomic E-state index is 12.4. The molecule has 0 bridgehead atoms. The Morgan fingerprint density at radius 3 is 2.48 bits per heavy atom. The van der Waals surface area contributed by atoms with Crippen molar-refractivity contribution in [2.45, 2.75) is 19.3 Å². The van der Waals surface area contributed by atoms with E-state index in [4.69, 9.17) is 4.74 Å². The fraction of sp³-hybridized carbons (Fsp3) is 0.208. The highest BCUT2D eigenvalue weighted by Gasteiger charge is 2.32. The molecule has 4 aromatic rings. The van der Waals surface area contributed by atoms with Gasteiger partial charge in [-0.25, -0.2) is 0 Å². The lowest BCUT2D eigenvalue weighted by Gasteiger charge is -2.08. The molecule has 5 rings (SSSR count). The number of carbonyl (C=O) groups is 1. The summed E-state index contributed by atoms with van der Waals surface area (Å²) in [4.78, 5) is 12.4. The van der Waals surface area contributed by atoms with Crippen LogP contribution in [0.5, 0.6) is 5.75 Å². The van der Waals surface area contributed by atoms with E-state index in [0.717, 1.165) is 17.0 Å². The molecule has 0 fully saturated rings. The molecule has 3 aromatic carbocycles. The number of nitrogens with zero attached hydrogens (tertiary/aromatic N) is 1. The van der Waals surface area contributed by atoms with Crippen molar-refractivity contribution in [1.29, 1.82) is 0 Å². The van der Waals surface area contributed by atoms with Crippen molar-refractivity contribution < 1.29 is 9.53 Å². The molecular formula is C24H21NO2. The van der Waals surface area contributed by atoms with Crippen molar-refractivity contribution in [2.75, 3.05) is 7.11 Å². The lowest BCUT2D eigenvalue weighted by Crippen LogP contribution is -2.01. The molecule has 1 aliphatic carbocycles. The number of fused-ring (bicyclic) bond motifs is 4. The predicted molar refractivity (Wildman–Crippen MR) is 110 cm³/mol. The van der Waals surface area contributed by atoms with E-state index in [2.05, 4.69) is 60.0 Å². The number of hydrogen-bond donors (Lipinski definition) is 0. The zero-order chi connectivity index (χ0) is 18.7. The standard InChI is InChI=1S/C24H21NO2/c1-14-10-22(26)24-23(14)20-13-18(7-9-21(20)25(24)2)15-4-5-17-12-19(27-3)8-6-16(17)11-15/h4-9,11-14H,10H2,1-3H3. The second kappa shape index (κ2) is 5.71. The van der Waals surface area contributed by atoms with Gasteiger partial charge in [0.15, 0.2) is 5.78 Å². The Morgan fingerprint density at radius 2 is 1.67 bits per heavy atom. The minimum Gasteiger partial charge on any atom is -0.497 e.